The van der Waals surface area contributed by atoms with Gasteiger partial charge >= 0.3 is 0 Å². The number of nitrogens with one attached hydrogen (secondary N) is 1. The lowest BCUT2D eigenvalue weighted by Crippen LogP contribution is -2.49. The van der Waals surface area contributed by atoms with Crippen LogP contribution in [0, 0.1) is 13.8 Å². The number of hydrogen-bond acceptors (Lipinski definition) is 4. The van der Waals surface area contributed by atoms with Crippen molar-refractivity contribution >= 4 is 21.6 Å². The summed E-state index contributed by atoms with van der Waals surface area (Å²) in [4.78, 5) is 12.9. The molecule has 0 aliphatic carbocycles. The number of carbonyl (C=O) groups excluding carboxylic acids is 1. The van der Waals surface area contributed by atoms with E-state index in [9.17, 15) is 13.2 Å². The molecular formula is C22H30N2O4S. The van der Waals surface area contributed by atoms with E-state index in [2.05, 4.69) is 5.32 Å². The molecule has 1 N–H and O–H groups in total. The van der Waals surface area contributed by atoms with Crippen LogP contribution in [0.5, 0.6) is 5.75 Å². The molecule has 0 aliphatic heterocycles. The predicted octanol–water partition coefficient (Wildman–Crippen LogP) is 3.56. The monoisotopic (exact) mass is 418 g/mol. The van der Waals surface area contributed by atoms with Crippen molar-refractivity contribution in [2.75, 3.05) is 17.2 Å². The molecule has 0 aromatic heterocycles. The summed E-state index contributed by atoms with van der Waals surface area (Å²) in [5.74, 6) is 0.443. The highest BCUT2D eigenvalue weighted by Gasteiger charge is 2.31. The van der Waals surface area contributed by atoms with Crippen LogP contribution in [0.3, 0.4) is 0 Å². The maximum Gasteiger partial charge on any atom is 0.244 e. The average molecular weight is 419 g/mol. The van der Waals surface area contributed by atoms with Crippen LogP contribution in [0.4, 0.5) is 5.69 Å². The van der Waals surface area contributed by atoms with E-state index in [1.54, 1.807) is 12.1 Å². The van der Waals surface area contributed by atoms with Gasteiger partial charge in [0.05, 0.1) is 18.6 Å². The lowest BCUT2D eigenvalue weighted by Gasteiger charge is -2.30. The number of anilines is 1. The number of amides is 1. The Hall–Kier alpha value is -2.54. The molecule has 1 atom stereocenters. The van der Waals surface area contributed by atoms with Gasteiger partial charge in [-0.15, -0.1) is 0 Å². The molecule has 0 aliphatic rings. The molecule has 0 saturated heterocycles. The molecule has 0 unspecified atom stereocenters. The van der Waals surface area contributed by atoms with Crippen molar-refractivity contribution in [3.05, 3.63) is 59.2 Å². The van der Waals surface area contributed by atoms with Gasteiger partial charge in [0.2, 0.25) is 15.9 Å². The van der Waals surface area contributed by atoms with Gasteiger partial charge < -0.3 is 10.1 Å². The summed E-state index contributed by atoms with van der Waals surface area (Å²) in [6.45, 7) is 8.44. The molecule has 0 heterocycles. The Bertz CT molecular complexity index is 920. The van der Waals surface area contributed by atoms with Gasteiger partial charge in [0, 0.05) is 6.54 Å². The summed E-state index contributed by atoms with van der Waals surface area (Å²) >= 11 is 0. The minimum Gasteiger partial charge on any atom is -0.494 e. The first-order chi connectivity index (χ1) is 13.7. The molecule has 7 heteroatoms. The zero-order valence-corrected chi connectivity index (χ0v) is 18.5. The van der Waals surface area contributed by atoms with Crippen molar-refractivity contribution in [1.82, 2.24) is 5.32 Å². The van der Waals surface area contributed by atoms with Gasteiger partial charge in [-0.1, -0.05) is 25.1 Å². The van der Waals surface area contributed by atoms with Gasteiger partial charge in [0.15, 0.2) is 0 Å². The Balaban J connectivity index is 2.22. The van der Waals surface area contributed by atoms with Gasteiger partial charge in [-0.25, -0.2) is 8.42 Å². The van der Waals surface area contributed by atoms with E-state index in [0.29, 0.717) is 25.3 Å². The predicted molar refractivity (Wildman–Crippen MR) is 117 cm³/mol. The Labute approximate surface area is 173 Å². The van der Waals surface area contributed by atoms with E-state index < -0.39 is 16.1 Å². The van der Waals surface area contributed by atoms with Crippen LogP contribution in [0.15, 0.2) is 42.5 Å². The normalized spacial score (nSPS) is 12.3. The van der Waals surface area contributed by atoms with Crippen molar-refractivity contribution in [3.63, 3.8) is 0 Å². The Morgan fingerprint density at radius 2 is 1.66 bits per heavy atom. The number of benzene rings is 2. The molecule has 0 spiro atoms. The quantitative estimate of drug-likeness (QED) is 0.676. The average Bonchev–Trinajstić information content (AvgIpc) is 2.63. The van der Waals surface area contributed by atoms with Crippen LogP contribution in [0.1, 0.15) is 37.0 Å². The van der Waals surface area contributed by atoms with Crippen molar-refractivity contribution in [2.24, 2.45) is 0 Å². The van der Waals surface area contributed by atoms with E-state index in [4.69, 9.17) is 4.74 Å². The number of nitrogens with zero attached hydrogens (tertiary/aromatic N) is 1. The standard InChI is InChI=1S/C22H30N2O4S/c1-6-21(22(25)23-15-18-8-10-20(11-9-18)28-7-2)24(29(5,26)27)19-13-16(3)12-17(4)14-19/h8-14,21H,6-7,15H2,1-5H3,(H,23,25)/t21-/m1/s1. The number of aryl methyl sites for hydroxylation is 2. The topological polar surface area (TPSA) is 75.7 Å². The van der Waals surface area contributed by atoms with E-state index in [1.165, 1.54) is 4.31 Å². The van der Waals surface area contributed by atoms with Crippen LogP contribution < -0.4 is 14.4 Å². The third kappa shape index (κ3) is 6.22. The summed E-state index contributed by atoms with van der Waals surface area (Å²) < 4.78 is 31.8. The number of rotatable bonds is 9. The fourth-order valence-electron chi connectivity index (χ4n) is 3.32. The second-order valence-electron chi connectivity index (χ2n) is 7.12. The third-order valence-electron chi connectivity index (χ3n) is 4.49. The Morgan fingerprint density at radius 3 is 2.14 bits per heavy atom. The molecule has 0 fully saturated rings. The molecule has 0 saturated carbocycles. The fourth-order valence-corrected chi connectivity index (χ4v) is 4.51. The molecule has 6 nitrogen and oxygen atoms in total. The molecule has 0 bridgehead atoms. The zero-order chi connectivity index (χ0) is 21.6. The Kier molecular flexibility index (Phi) is 7.67. The molecular weight excluding hydrogens is 388 g/mol. The number of sulfonamides is 1. The van der Waals surface area contributed by atoms with Crippen LogP contribution in [-0.2, 0) is 21.4 Å². The van der Waals surface area contributed by atoms with Gasteiger partial charge in [0.25, 0.3) is 0 Å². The lowest BCUT2D eigenvalue weighted by atomic mass is 10.1. The largest absolute Gasteiger partial charge is 0.494 e. The minimum absolute atomic E-state index is 0.312. The number of ether oxygens (including phenoxy) is 1. The third-order valence-corrected chi connectivity index (χ3v) is 5.67. The first-order valence-electron chi connectivity index (χ1n) is 9.72. The summed E-state index contributed by atoms with van der Waals surface area (Å²) in [7, 11) is -3.65. The maximum absolute atomic E-state index is 12.9. The molecule has 158 valence electrons. The molecule has 0 radical (unpaired) electrons. The smallest absolute Gasteiger partial charge is 0.244 e. The first-order valence-corrected chi connectivity index (χ1v) is 11.6. The van der Waals surface area contributed by atoms with Gasteiger partial charge in [-0.3, -0.25) is 9.10 Å². The van der Waals surface area contributed by atoms with E-state index >= 15 is 0 Å². The summed E-state index contributed by atoms with van der Waals surface area (Å²) in [5.41, 5.74) is 3.30. The molecule has 2 aromatic rings. The summed E-state index contributed by atoms with van der Waals surface area (Å²) in [6.07, 6.45) is 1.49. The molecule has 1 amide bonds. The van der Waals surface area contributed by atoms with Gasteiger partial charge in [0.1, 0.15) is 11.8 Å². The SMILES string of the molecule is CCOc1ccc(CNC(=O)[C@@H](CC)N(c2cc(C)cc(C)c2)S(C)(=O)=O)cc1. The van der Waals surface area contributed by atoms with E-state index in [-0.39, 0.29) is 5.91 Å². The molecule has 29 heavy (non-hydrogen) atoms. The van der Waals surface area contributed by atoms with Crippen LogP contribution in [-0.4, -0.2) is 33.2 Å². The van der Waals surface area contributed by atoms with E-state index in [0.717, 1.165) is 28.7 Å². The van der Waals surface area contributed by atoms with Gasteiger partial charge in [-0.2, -0.15) is 0 Å². The van der Waals surface area contributed by atoms with Crippen molar-refractivity contribution < 1.29 is 17.9 Å². The van der Waals surface area contributed by atoms with E-state index in [1.807, 2.05) is 58.0 Å². The number of carbonyl (C=O) groups is 1. The second-order valence-corrected chi connectivity index (χ2v) is 8.98. The fraction of sp³-hybridized carbons (Fsp3) is 0.409. The number of hydrogen-bond donors (Lipinski definition) is 1. The van der Waals surface area contributed by atoms with Crippen molar-refractivity contribution in [2.45, 2.75) is 46.7 Å². The highest BCUT2D eigenvalue weighted by Crippen LogP contribution is 2.25. The van der Waals surface area contributed by atoms with Crippen LogP contribution in [0.2, 0.25) is 0 Å². The molecule has 2 rings (SSSR count). The maximum atomic E-state index is 12.9. The summed E-state index contributed by atoms with van der Waals surface area (Å²) in [5, 5.41) is 2.87. The minimum atomic E-state index is -3.65. The second kappa shape index (κ2) is 9.78. The van der Waals surface area contributed by atoms with Gasteiger partial charge in [-0.05, 0) is 68.1 Å². The van der Waals surface area contributed by atoms with Crippen molar-refractivity contribution in [3.8, 4) is 5.75 Å². The Morgan fingerprint density at radius 1 is 1.07 bits per heavy atom. The first kappa shape index (κ1) is 22.7. The summed E-state index contributed by atoms with van der Waals surface area (Å²) in [6, 6.07) is 12.2. The molecule has 2 aromatic carbocycles. The lowest BCUT2D eigenvalue weighted by molar-refractivity contribution is -0.122. The van der Waals surface area contributed by atoms with Crippen molar-refractivity contribution in [1.29, 1.82) is 0 Å². The highest BCUT2D eigenvalue weighted by atomic mass is 32.2. The highest BCUT2D eigenvalue weighted by molar-refractivity contribution is 7.92. The van der Waals surface area contributed by atoms with Crippen LogP contribution >= 0.6 is 0 Å². The van der Waals surface area contributed by atoms with Crippen LogP contribution in [0.25, 0.3) is 0 Å². The zero-order valence-electron chi connectivity index (χ0n) is 17.7.